The number of hydrogen-bond donors (Lipinski definition) is 2. The second-order valence-corrected chi connectivity index (χ2v) is 6.89. The molecule has 164 valence electrons. The number of nitrogen functional groups attached to an aromatic ring is 1. The van der Waals surface area contributed by atoms with Gasteiger partial charge in [0.05, 0.1) is 5.71 Å². The molecule has 0 fully saturated rings. The summed E-state index contributed by atoms with van der Waals surface area (Å²) < 4.78 is 5.90. The average molecular weight is 446 g/mol. The predicted octanol–water partition coefficient (Wildman–Crippen LogP) is 1.58. The van der Waals surface area contributed by atoms with Crippen molar-refractivity contribution in [2.75, 3.05) is 18.8 Å². The third-order valence-corrected chi connectivity index (χ3v) is 5.17. The molecule has 0 aliphatic heterocycles. The Morgan fingerprint density at radius 2 is 2.03 bits per heavy atom. The molecule has 0 bridgehead atoms. The number of halogens is 1. The van der Waals surface area contributed by atoms with E-state index in [1.807, 2.05) is 32.0 Å². The Bertz CT molecular complexity index is 1090. The van der Waals surface area contributed by atoms with Crippen molar-refractivity contribution in [3.8, 4) is 5.82 Å². The maximum atomic E-state index is 13.1. The topological polar surface area (TPSA) is 140 Å². The van der Waals surface area contributed by atoms with Gasteiger partial charge in [-0.1, -0.05) is 43.3 Å². The highest BCUT2D eigenvalue weighted by atomic mass is 35.5. The molecule has 0 unspecified atom stereocenters. The molecule has 12 heteroatoms. The number of rotatable bonds is 7. The number of amides is 1. The molecular formula is C19H24ClN9O2. The zero-order valence-electron chi connectivity index (χ0n) is 17.3. The van der Waals surface area contributed by atoms with Gasteiger partial charge in [-0.25, -0.2) is 10.1 Å². The first-order chi connectivity index (χ1) is 14.6. The van der Waals surface area contributed by atoms with E-state index in [0.717, 1.165) is 37.2 Å². The van der Waals surface area contributed by atoms with Crippen molar-refractivity contribution in [3.63, 3.8) is 0 Å². The van der Waals surface area contributed by atoms with Crippen LogP contribution in [0.1, 0.15) is 47.6 Å². The summed E-state index contributed by atoms with van der Waals surface area (Å²) in [6.07, 6.45) is 1.67. The number of nitrogens with zero attached hydrogens (tertiary/aromatic N) is 7. The van der Waals surface area contributed by atoms with Crippen molar-refractivity contribution in [2.45, 2.75) is 33.2 Å². The van der Waals surface area contributed by atoms with Gasteiger partial charge < -0.3 is 5.73 Å². The first kappa shape index (κ1) is 22.4. The van der Waals surface area contributed by atoms with Gasteiger partial charge in [-0.3, -0.25) is 9.69 Å². The molecule has 1 amide bonds. The third-order valence-electron chi connectivity index (χ3n) is 5.17. The van der Waals surface area contributed by atoms with Crippen LogP contribution in [0.15, 0.2) is 34.0 Å². The van der Waals surface area contributed by atoms with Crippen LogP contribution in [0.2, 0.25) is 0 Å². The van der Waals surface area contributed by atoms with Gasteiger partial charge in [0, 0.05) is 12.1 Å². The Balaban J connectivity index is 0.00000272. The Morgan fingerprint density at radius 3 is 2.74 bits per heavy atom. The molecule has 11 nitrogen and oxygen atoms in total. The summed E-state index contributed by atoms with van der Waals surface area (Å²) in [5.41, 5.74) is 12.3. The number of carbonyl (C=O) groups excluding carboxylic acids is 1. The molecular weight excluding hydrogens is 422 g/mol. The molecule has 0 spiro atoms. The quantitative estimate of drug-likeness (QED) is 0.522. The minimum absolute atomic E-state index is 0. The Labute approximate surface area is 185 Å². The summed E-state index contributed by atoms with van der Waals surface area (Å²) in [6, 6.07) is 8.04. The summed E-state index contributed by atoms with van der Waals surface area (Å²) in [6.45, 7) is 6.13. The number of nitrogens with two attached hydrogens (primary N) is 1. The molecule has 4 rings (SSSR count). The lowest BCUT2D eigenvalue weighted by atomic mass is 10.1. The SMILES string of the molecule is CCN(CC)Cc1nnn(-c2nonc2N)c1C(=O)N/N=C1/CCc2ccccc21.Cl. The summed E-state index contributed by atoms with van der Waals surface area (Å²) >= 11 is 0. The molecule has 2 heterocycles. The van der Waals surface area contributed by atoms with E-state index >= 15 is 0 Å². The molecule has 1 aliphatic rings. The molecule has 0 saturated carbocycles. The first-order valence-electron chi connectivity index (χ1n) is 9.82. The van der Waals surface area contributed by atoms with Crippen LogP contribution >= 0.6 is 12.4 Å². The van der Waals surface area contributed by atoms with Gasteiger partial charge in [-0.05, 0) is 41.8 Å². The standard InChI is InChI=1S/C19H23N9O2.ClH/c1-3-27(4-2)11-15-16(28(26-22-15)18-17(20)24-30-25-18)19(29)23-21-14-10-9-12-7-5-6-8-13(12)14;/h5-8H,3-4,9-11H2,1-2H3,(H2,20,24)(H,23,29);1H/b21-14-;. The number of aromatic nitrogens is 5. The summed E-state index contributed by atoms with van der Waals surface area (Å²) in [4.78, 5) is 15.2. The van der Waals surface area contributed by atoms with Gasteiger partial charge in [-0.2, -0.15) is 9.78 Å². The maximum absolute atomic E-state index is 13.1. The lowest BCUT2D eigenvalue weighted by molar-refractivity contribution is 0.0944. The first-order valence-corrected chi connectivity index (χ1v) is 9.82. The van der Waals surface area contributed by atoms with E-state index in [1.54, 1.807) is 0 Å². The van der Waals surface area contributed by atoms with Crippen molar-refractivity contribution < 1.29 is 9.42 Å². The average Bonchev–Trinajstić information content (AvgIpc) is 3.48. The van der Waals surface area contributed by atoms with Gasteiger partial charge in [-0.15, -0.1) is 17.5 Å². The molecule has 0 radical (unpaired) electrons. The van der Waals surface area contributed by atoms with Crippen LogP contribution in [0, 0.1) is 0 Å². The van der Waals surface area contributed by atoms with Gasteiger partial charge in [0.2, 0.25) is 11.6 Å². The molecule has 0 saturated heterocycles. The fraction of sp³-hybridized carbons (Fsp3) is 0.368. The molecule has 1 aromatic carbocycles. The second-order valence-electron chi connectivity index (χ2n) is 6.89. The van der Waals surface area contributed by atoms with Gasteiger partial charge in [0.25, 0.3) is 5.91 Å². The van der Waals surface area contributed by atoms with E-state index in [4.69, 9.17) is 5.73 Å². The van der Waals surface area contributed by atoms with Crippen molar-refractivity contribution in [1.82, 2.24) is 35.6 Å². The number of aryl methyl sites for hydroxylation is 1. The van der Waals surface area contributed by atoms with Crippen LogP contribution in [-0.2, 0) is 13.0 Å². The fourth-order valence-corrected chi connectivity index (χ4v) is 3.49. The van der Waals surface area contributed by atoms with E-state index < -0.39 is 5.91 Å². The van der Waals surface area contributed by atoms with Crippen LogP contribution in [-0.4, -0.2) is 54.9 Å². The summed E-state index contributed by atoms with van der Waals surface area (Å²) in [7, 11) is 0. The number of benzene rings is 1. The normalized spacial score (nSPS) is 14.0. The summed E-state index contributed by atoms with van der Waals surface area (Å²) in [5.74, 6) is -0.335. The van der Waals surface area contributed by atoms with Crippen LogP contribution in [0.3, 0.4) is 0 Å². The molecule has 3 N–H and O–H groups in total. The van der Waals surface area contributed by atoms with Crippen molar-refractivity contribution in [3.05, 3.63) is 46.8 Å². The lowest BCUT2D eigenvalue weighted by Gasteiger charge is -2.16. The fourth-order valence-electron chi connectivity index (χ4n) is 3.49. The number of hydrazone groups is 1. The number of fused-ring (bicyclic) bond motifs is 1. The van der Waals surface area contributed by atoms with Gasteiger partial charge in [0.1, 0.15) is 5.69 Å². The number of hydrogen-bond acceptors (Lipinski definition) is 9. The Morgan fingerprint density at radius 1 is 1.26 bits per heavy atom. The molecule has 3 aromatic rings. The minimum Gasteiger partial charge on any atom is -0.378 e. The highest BCUT2D eigenvalue weighted by Gasteiger charge is 2.26. The molecule has 1 aliphatic carbocycles. The monoisotopic (exact) mass is 445 g/mol. The molecule has 2 aromatic heterocycles. The highest BCUT2D eigenvalue weighted by Crippen LogP contribution is 2.22. The Kier molecular flexibility index (Phi) is 6.98. The lowest BCUT2D eigenvalue weighted by Crippen LogP contribution is -2.27. The van der Waals surface area contributed by atoms with Crippen LogP contribution < -0.4 is 11.2 Å². The van der Waals surface area contributed by atoms with Crippen LogP contribution in [0.5, 0.6) is 0 Å². The largest absolute Gasteiger partial charge is 0.378 e. The zero-order valence-corrected chi connectivity index (χ0v) is 18.1. The highest BCUT2D eigenvalue weighted by molar-refractivity contribution is 6.05. The second kappa shape index (κ2) is 9.67. The number of nitrogens with one attached hydrogen (secondary N) is 1. The van der Waals surface area contributed by atoms with E-state index in [2.05, 4.69) is 46.7 Å². The predicted molar refractivity (Wildman–Crippen MR) is 116 cm³/mol. The maximum Gasteiger partial charge on any atom is 0.292 e. The number of anilines is 1. The van der Waals surface area contributed by atoms with Crippen LogP contribution in [0.4, 0.5) is 5.82 Å². The van der Waals surface area contributed by atoms with E-state index in [9.17, 15) is 4.79 Å². The minimum atomic E-state index is -0.457. The number of carbonyl (C=O) groups is 1. The molecule has 0 atom stereocenters. The van der Waals surface area contributed by atoms with Crippen molar-refractivity contribution in [1.29, 1.82) is 0 Å². The summed E-state index contributed by atoms with van der Waals surface area (Å²) in [5, 5.41) is 19.9. The van der Waals surface area contributed by atoms with Crippen molar-refractivity contribution in [2.24, 2.45) is 5.10 Å². The van der Waals surface area contributed by atoms with Crippen molar-refractivity contribution >= 4 is 29.8 Å². The van der Waals surface area contributed by atoms with E-state index in [1.165, 1.54) is 10.2 Å². The van der Waals surface area contributed by atoms with Gasteiger partial charge in [0.15, 0.2) is 5.69 Å². The zero-order chi connectivity index (χ0) is 21.1. The third kappa shape index (κ3) is 4.42. The van der Waals surface area contributed by atoms with E-state index in [0.29, 0.717) is 12.2 Å². The van der Waals surface area contributed by atoms with Gasteiger partial charge >= 0.3 is 0 Å². The van der Waals surface area contributed by atoms with E-state index in [-0.39, 0.29) is 29.7 Å². The Hall–Kier alpha value is -3.31. The smallest absolute Gasteiger partial charge is 0.292 e. The van der Waals surface area contributed by atoms with Crippen LogP contribution in [0.25, 0.3) is 5.82 Å². The molecule has 31 heavy (non-hydrogen) atoms.